The van der Waals surface area contributed by atoms with Crippen LogP contribution < -0.4 is 0 Å². The van der Waals surface area contributed by atoms with E-state index in [9.17, 15) is 0 Å². The quantitative estimate of drug-likeness (QED) is 0.0939. The van der Waals surface area contributed by atoms with E-state index in [2.05, 4.69) is 135 Å². The average molecular weight is 623 g/mol. The Kier molecular flexibility index (Phi) is 8.58. The first-order chi connectivity index (χ1) is 23.7. The van der Waals surface area contributed by atoms with E-state index in [0.29, 0.717) is 0 Å². The molecule has 0 unspecified atom stereocenters. The van der Waals surface area contributed by atoms with Crippen LogP contribution in [0.4, 0.5) is 0 Å². The van der Waals surface area contributed by atoms with E-state index >= 15 is 0 Å². The molecule has 0 heteroatoms. The van der Waals surface area contributed by atoms with E-state index in [1.54, 1.807) is 0 Å². The molecule has 0 fully saturated rings. The molecule has 0 aliphatic heterocycles. The molecule has 0 saturated carbocycles. The van der Waals surface area contributed by atoms with Crippen LogP contribution in [-0.4, -0.2) is 0 Å². The van der Waals surface area contributed by atoms with Crippen molar-refractivity contribution in [2.75, 3.05) is 0 Å². The Bertz CT molecular complexity index is 2140. The maximum Gasteiger partial charge on any atom is -0.00264 e. The molecular weight excluding hydrogens is 577 g/mol. The molecule has 8 aromatic rings. The maximum atomic E-state index is 2.39. The second-order valence-corrected chi connectivity index (χ2v) is 14.1. The van der Waals surface area contributed by atoms with E-state index in [4.69, 9.17) is 0 Å². The third-order valence-electron chi connectivity index (χ3n) is 10.6. The molecular formula is C48H46. The molecule has 0 N–H and O–H groups in total. The molecule has 0 spiro atoms. The van der Waals surface area contributed by atoms with Crippen molar-refractivity contribution in [1.82, 2.24) is 0 Å². The number of unbranched alkanes of at least 4 members (excludes halogenated alkanes) is 6. The molecule has 0 amide bonds. The van der Waals surface area contributed by atoms with Crippen LogP contribution in [0.3, 0.4) is 0 Å². The van der Waals surface area contributed by atoms with Gasteiger partial charge in [0.1, 0.15) is 0 Å². The van der Waals surface area contributed by atoms with Gasteiger partial charge in [-0.25, -0.2) is 0 Å². The van der Waals surface area contributed by atoms with Gasteiger partial charge < -0.3 is 0 Å². The summed E-state index contributed by atoms with van der Waals surface area (Å²) in [6.45, 7) is 4.56. The average Bonchev–Trinajstić information content (AvgIpc) is 3.13. The lowest BCUT2D eigenvalue weighted by molar-refractivity contribution is 0.667. The number of aryl methyl sites for hydroxylation is 2. The Morgan fingerprint density at radius 1 is 0.292 bits per heavy atom. The first kappa shape index (κ1) is 30.6. The molecule has 0 bridgehead atoms. The molecule has 238 valence electrons. The van der Waals surface area contributed by atoms with E-state index in [1.807, 2.05) is 0 Å². The zero-order valence-corrected chi connectivity index (χ0v) is 28.6. The van der Waals surface area contributed by atoms with Crippen molar-refractivity contribution in [3.63, 3.8) is 0 Å². The van der Waals surface area contributed by atoms with Gasteiger partial charge in [-0.15, -0.1) is 0 Å². The molecule has 0 saturated heterocycles. The molecule has 8 rings (SSSR count). The summed E-state index contributed by atoms with van der Waals surface area (Å²) in [4.78, 5) is 0. The Balaban J connectivity index is 1.09. The van der Waals surface area contributed by atoms with Crippen molar-refractivity contribution in [1.29, 1.82) is 0 Å². The predicted molar refractivity (Wildman–Crippen MR) is 212 cm³/mol. The normalized spacial score (nSPS) is 12.0. The van der Waals surface area contributed by atoms with Gasteiger partial charge in [-0.1, -0.05) is 137 Å². The van der Waals surface area contributed by atoms with Crippen molar-refractivity contribution in [2.45, 2.75) is 78.1 Å². The molecule has 0 aliphatic rings. The molecule has 0 heterocycles. The van der Waals surface area contributed by atoms with Gasteiger partial charge in [0.2, 0.25) is 0 Å². The topological polar surface area (TPSA) is 0 Å². The largest absolute Gasteiger partial charge is 0.0654 e. The summed E-state index contributed by atoms with van der Waals surface area (Å²) in [7, 11) is 0. The monoisotopic (exact) mass is 622 g/mol. The van der Waals surface area contributed by atoms with Crippen LogP contribution in [0.2, 0.25) is 0 Å². The van der Waals surface area contributed by atoms with Gasteiger partial charge in [0.25, 0.3) is 0 Å². The van der Waals surface area contributed by atoms with Crippen molar-refractivity contribution < 1.29 is 0 Å². The van der Waals surface area contributed by atoms with Crippen LogP contribution in [-0.2, 0) is 12.8 Å². The summed E-state index contributed by atoms with van der Waals surface area (Å²) in [6, 6.07) is 46.9. The van der Waals surface area contributed by atoms with Crippen molar-refractivity contribution in [3.05, 3.63) is 132 Å². The van der Waals surface area contributed by atoms with E-state index in [0.717, 1.165) is 0 Å². The second-order valence-electron chi connectivity index (χ2n) is 14.1. The lowest BCUT2D eigenvalue weighted by atomic mass is 9.89. The van der Waals surface area contributed by atoms with E-state index < -0.39 is 0 Å². The summed E-state index contributed by atoms with van der Waals surface area (Å²) in [5.41, 5.74) is 8.05. The fourth-order valence-corrected chi connectivity index (χ4v) is 7.94. The molecule has 0 aromatic heterocycles. The molecule has 0 nitrogen and oxygen atoms in total. The van der Waals surface area contributed by atoms with E-state index in [1.165, 1.54) is 151 Å². The first-order valence-electron chi connectivity index (χ1n) is 18.5. The standard InChI is InChI=1S/C48H46/c1-3-5-7-9-11-33-13-15-37-27-39(19-17-35(37)25-33)45-29-41-21-23-43-31-46(32-44-24-22-42(30-45)47(41)48(43)44)40-20-18-36-26-34(12-10-8-6-4-2)14-16-38(36)28-40/h13-32H,3-12H2,1-2H3. The highest BCUT2D eigenvalue weighted by Crippen LogP contribution is 2.40. The first-order valence-corrected chi connectivity index (χ1v) is 18.5. The Morgan fingerprint density at radius 3 is 1.02 bits per heavy atom. The summed E-state index contributed by atoms with van der Waals surface area (Å²) in [5, 5.41) is 13.3. The van der Waals surface area contributed by atoms with Crippen LogP contribution in [0.15, 0.2) is 121 Å². The Morgan fingerprint density at radius 2 is 0.625 bits per heavy atom. The van der Waals surface area contributed by atoms with Gasteiger partial charge in [-0.05, 0) is 149 Å². The van der Waals surface area contributed by atoms with Crippen molar-refractivity contribution >= 4 is 53.9 Å². The molecule has 8 aromatic carbocycles. The SMILES string of the molecule is CCCCCCc1ccc2cc(-c3cc4ccc5cc(-c6ccc7cc(CCCCCC)ccc7c6)cc6ccc(c3)c4c56)ccc2c1. The minimum Gasteiger partial charge on any atom is -0.0654 e. The summed E-state index contributed by atoms with van der Waals surface area (Å²) in [6.07, 6.45) is 12.8. The predicted octanol–water partition coefficient (Wildman–Crippen LogP) is 14.5. The lowest BCUT2D eigenvalue weighted by Gasteiger charge is -2.15. The van der Waals surface area contributed by atoms with E-state index in [-0.39, 0.29) is 0 Å². The summed E-state index contributed by atoms with van der Waals surface area (Å²) >= 11 is 0. The van der Waals surface area contributed by atoms with Crippen LogP contribution in [0, 0.1) is 0 Å². The number of hydrogen-bond donors (Lipinski definition) is 0. The molecule has 0 atom stereocenters. The number of benzene rings is 8. The smallest absolute Gasteiger partial charge is 0.00264 e. The number of hydrogen-bond acceptors (Lipinski definition) is 0. The van der Waals surface area contributed by atoms with Gasteiger partial charge in [0.05, 0.1) is 0 Å². The van der Waals surface area contributed by atoms with Crippen molar-refractivity contribution in [2.24, 2.45) is 0 Å². The fraction of sp³-hybridized carbons (Fsp3) is 0.250. The Hall–Kier alpha value is -4.68. The minimum absolute atomic E-state index is 1.18. The maximum absolute atomic E-state index is 2.39. The van der Waals surface area contributed by atoms with Gasteiger partial charge >= 0.3 is 0 Å². The molecule has 0 aliphatic carbocycles. The van der Waals surface area contributed by atoms with Crippen LogP contribution >= 0.6 is 0 Å². The highest BCUT2D eigenvalue weighted by molar-refractivity contribution is 6.24. The third-order valence-corrected chi connectivity index (χ3v) is 10.6. The molecule has 0 radical (unpaired) electrons. The molecule has 48 heavy (non-hydrogen) atoms. The third kappa shape index (κ3) is 6.06. The van der Waals surface area contributed by atoms with Crippen LogP contribution in [0.5, 0.6) is 0 Å². The number of rotatable bonds is 12. The lowest BCUT2D eigenvalue weighted by Crippen LogP contribution is -1.89. The highest BCUT2D eigenvalue weighted by atomic mass is 14.2. The highest BCUT2D eigenvalue weighted by Gasteiger charge is 2.13. The zero-order valence-electron chi connectivity index (χ0n) is 28.6. The van der Waals surface area contributed by atoms with Crippen LogP contribution in [0.25, 0.3) is 76.1 Å². The summed E-state index contributed by atoms with van der Waals surface area (Å²) < 4.78 is 0. The van der Waals surface area contributed by atoms with Crippen LogP contribution in [0.1, 0.15) is 76.3 Å². The Labute approximate surface area is 285 Å². The summed E-state index contributed by atoms with van der Waals surface area (Å²) in [5.74, 6) is 0. The van der Waals surface area contributed by atoms with Gasteiger partial charge in [0.15, 0.2) is 0 Å². The van der Waals surface area contributed by atoms with Crippen molar-refractivity contribution in [3.8, 4) is 22.3 Å². The number of fused-ring (bicyclic) bond motifs is 2. The second kappa shape index (κ2) is 13.4. The zero-order chi connectivity index (χ0) is 32.5. The van der Waals surface area contributed by atoms with Gasteiger partial charge in [-0.2, -0.15) is 0 Å². The fourth-order valence-electron chi connectivity index (χ4n) is 7.94. The van der Waals surface area contributed by atoms with Gasteiger partial charge in [0, 0.05) is 0 Å². The van der Waals surface area contributed by atoms with Gasteiger partial charge in [-0.3, -0.25) is 0 Å². The minimum atomic E-state index is 1.18.